The highest BCUT2D eigenvalue weighted by atomic mass is 16.5. The Morgan fingerprint density at radius 2 is 1.81 bits per heavy atom. The van der Waals surface area contributed by atoms with Gasteiger partial charge in [0.05, 0.1) is 17.9 Å². The SMILES string of the molecule is CCC(C)N1C(=O)C2C(C(=O)Nc3ccc(C(C)C)cc3)C3C=CC2(O3)C1C(=O)NC1CCCCC1C. The molecule has 2 bridgehead atoms. The van der Waals surface area contributed by atoms with Crippen LogP contribution in [0.3, 0.4) is 0 Å². The number of hydrogen-bond donors (Lipinski definition) is 2. The van der Waals surface area contributed by atoms with Gasteiger partial charge in [0.15, 0.2) is 0 Å². The van der Waals surface area contributed by atoms with Crippen molar-refractivity contribution in [1.82, 2.24) is 10.2 Å². The van der Waals surface area contributed by atoms with Crippen molar-refractivity contribution in [3.8, 4) is 0 Å². The fourth-order valence-corrected chi connectivity index (χ4v) is 6.85. The summed E-state index contributed by atoms with van der Waals surface area (Å²) >= 11 is 0. The van der Waals surface area contributed by atoms with Crippen LogP contribution in [0.25, 0.3) is 0 Å². The number of amides is 3. The summed E-state index contributed by atoms with van der Waals surface area (Å²) in [5.41, 5.74) is 0.774. The van der Waals surface area contributed by atoms with Crippen LogP contribution in [0.15, 0.2) is 36.4 Å². The molecule has 4 aliphatic rings. The number of likely N-dealkylation sites (tertiary alicyclic amines) is 1. The van der Waals surface area contributed by atoms with Crippen LogP contribution in [0.1, 0.15) is 78.2 Å². The van der Waals surface area contributed by atoms with E-state index in [2.05, 4.69) is 31.4 Å². The van der Waals surface area contributed by atoms with Gasteiger partial charge >= 0.3 is 0 Å². The smallest absolute Gasteiger partial charge is 0.246 e. The average molecular weight is 508 g/mol. The zero-order chi connectivity index (χ0) is 26.5. The Bertz CT molecular complexity index is 1080. The normalized spacial score (nSPS) is 35.1. The molecule has 2 saturated heterocycles. The van der Waals surface area contributed by atoms with Gasteiger partial charge in [-0.1, -0.05) is 64.8 Å². The monoisotopic (exact) mass is 507 g/mol. The van der Waals surface area contributed by atoms with Crippen molar-refractivity contribution in [1.29, 1.82) is 0 Å². The first-order chi connectivity index (χ1) is 17.7. The van der Waals surface area contributed by atoms with Crippen molar-refractivity contribution in [2.75, 3.05) is 5.32 Å². The molecule has 0 radical (unpaired) electrons. The Labute approximate surface area is 220 Å². The molecule has 1 aliphatic carbocycles. The van der Waals surface area contributed by atoms with E-state index in [0.717, 1.165) is 19.3 Å². The summed E-state index contributed by atoms with van der Waals surface area (Å²) in [4.78, 5) is 43.2. The number of carbonyl (C=O) groups excluding carboxylic acids is 3. The Morgan fingerprint density at radius 3 is 2.46 bits per heavy atom. The van der Waals surface area contributed by atoms with Crippen molar-refractivity contribution in [2.24, 2.45) is 17.8 Å². The lowest BCUT2D eigenvalue weighted by Crippen LogP contribution is -2.58. The Balaban J connectivity index is 1.42. The first-order valence-electron chi connectivity index (χ1n) is 14.1. The third-order valence-corrected chi connectivity index (χ3v) is 9.21. The second-order valence-corrected chi connectivity index (χ2v) is 11.8. The third kappa shape index (κ3) is 4.29. The molecule has 7 nitrogen and oxygen atoms in total. The van der Waals surface area contributed by atoms with Crippen LogP contribution >= 0.6 is 0 Å². The maximum Gasteiger partial charge on any atom is 0.246 e. The van der Waals surface area contributed by atoms with Crippen LogP contribution in [0.2, 0.25) is 0 Å². The number of hydrogen-bond acceptors (Lipinski definition) is 4. The van der Waals surface area contributed by atoms with Crippen molar-refractivity contribution in [3.05, 3.63) is 42.0 Å². The number of rotatable bonds is 7. The molecule has 8 unspecified atom stereocenters. The predicted molar refractivity (Wildman–Crippen MR) is 143 cm³/mol. The molecule has 37 heavy (non-hydrogen) atoms. The molecule has 1 aromatic carbocycles. The van der Waals surface area contributed by atoms with E-state index >= 15 is 0 Å². The highest BCUT2D eigenvalue weighted by molar-refractivity contribution is 6.03. The highest BCUT2D eigenvalue weighted by Crippen LogP contribution is 2.55. The molecule has 3 fully saturated rings. The molecule has 3 amide bonds. The second kappa shape index (κ2) is 9.90. The van der Waals surface area contributed by atoms with E-state index in [9.17, 15) is 14.4 Å². The molecule has 1 saturated carbocycles. The lowest BCUT2D eigenvalue weighted by molar-refractivity contribution is -0.143. The number of fused-ring (bicyclic) bond motifs is 1. The number of carbonyl (C=O) groups is 3. The van der Waals surface area contributed by atoms with Gasteiger partial charge in [0.25, 0.3) is 0 Å². The minimum absolute atomic E-state index is 0.0982. The van der Waals surface area contributed by atoms with Crippen LogP contribution in [0.4, 0.5) is 5.69 Å². The molecule has 200 valence electrons. The van der Waals surface area contributed by atoms with Crippen LogP contribution < -0.4 is 10.6 Å². The first-order valence-corrected chi connectivity index (χ1v) is 14.1. The van der Waals surface area contributed by atoms with Gasteiger partial charge in [-0.05, 0) is 55.7 Å². The standard InChI is InChI=1S/C30H41N3O4/c1-6-19(5)33-26(28(35)32-22-10-8-7-9-18(22)4)30-16-15-23(37-30)24(25(30)29(33)36)27(34)31-21-13-11-20(12-14-21)17(2)3/h11-19,22-26H,6-10H2,1-5H3,(H,31,34)(H,32,35). The molecule has 0 aromatic heterocycles. The molecule has 3 heterocycles. The van der Waals surface area contributed by atoms with E-state index in [1.165, 1.54) is 12.0 Å². The van der Waals surface area contributed by atoms with E-state index in [-0.39, 0.29) is 29.8 Å². The minimum atomic E-state index is -1.11. The number of nitrogens with zero attached hydrogens (tertiary/aromatic N) is 1. The number of nitrogens with one attached hydrogen (secondary N) is 2. The molecule has 3 aliphatic heterocycles. The fraction of sp³-hybridized carbons (Fsp3) is 0.633. The van der Waals surface area contributed by atoms with E-state index in [1.807, 2.05) is 50.3 Å². The third-order valence-electron chi connectivity index (χ3n) is 9.21. The summed E-state index contributed by atoms with van der Waals surface area (Å²) in [5, 5.41) is 6.30. The fourth-order valence-electron chi connectivity index (χ4n) is 6.85. The van der Waals surface area contributed by atoms with Crippen molar-refractivity contribution in [3.63, 3.8) is 0 Å². The highest BCUT2D eigenvalue weighted by Gasteiger charge is 2.73. The molecular formula is C30H41N3O4. The first kappa shape index (κ1) is 26.0. The van der Waals surface area contributed by atoms with Gasteiger partial charge < -0.3 is 20.3 Å². The molecule has 7 heteroatoms. The van der Waals surface area contributed by atoms with Crippen LogP contribution in [0.5, 0.6) is 0 Å². The van der Waals surface area contributed by atoms with Crippen LogP contribution in [0, 0.1) is 17.8 Å². The topological polar surface area (TPSA) is 87.7 Å². The zero-order valence-corrected chi connectivity index (χ0v) is 22.7. The summed E-state index contributed by atoms with van der Waals surface area (Å²) in [6.45, 7) is 10.4. The van der Waals surface area contributed by atoms with Gasteiger partial charge in [-0.25, -0.2) is 0 Å². The summed E-state index contributed by atoms with van der Waals surface area (Å²) in [7, 11) is 0. The largest absolute Gasteiger partial charge is 0.359 e. The van der Waals surface area contributed by atoms with Gasteiger partial charge in [-0.15, -0.1) is 0 Å². The van der Waals surface area contributed by atoms with E-state index in [4.69, 9.17) is 4.74 Å². The maximum atomic E-state index is 14.0. The summed E-state index contributed by atoms with van der Waals surface area (Å²) in [6.07, 6.45) is 8.28. The molecule has 1 aromatic rings. The zero-order valence-electron chi connectivity index (χ0n) is 22.7. The Hall–Kier alpha value is -2.67. The molecule has 8 atom stereocenters. The van der Waals surface area contributed by atoms with Crippen molar-refractivity contribution in [2.45, 2.75) is 102 Å². The van der Waals surface area contributed by atoms with E-state index < -0.39 is 29.6 Å². The van der Waals surface area contributed by atoms with Gasteiger partial charge in [-0.3, -0.25) is 14.4 Å². The van der Waals surface area contributed by atoms with Gasteiger partial charge in [0, 0.05) is 17.8 Å². The number of benzene rings is 1. The predicted octanol–water partition coefficient (Wildman–Crippen LogP) is 4.39. The molecular weight excluding hydrogens is 466 g/mol. The van der Waals surface area contributed by atoms with Crippen molar-refractivity contribution >= 4 is 23.4 Å². The minimum Gasteiger partial charge on any atom is -0.359 e. The van der Waals surface area contributed by atoms with Gasteiger partial charge in [0.1, 0.15) is 11.6 Å². The Morgan fingerprint density at radius 1 is 1.11 bits per heavy atom. The number of anilines is 1. The van der Waals surface area contributed by atoms with Gasteiger partial charge in [-0.2, -0.15) is 0 Å². The Kier molecular flexibility index (Phi) is 6.94. The molecule has 5 rings (SSSR count). The lowest BCUT2D eigenvalue weighted by atomic mass is 9.74. The summed E-state index contributed by atoms with van der Waals surface area (Å²) in [5.74, 6) is -1.16. The summed E-state index contributed by atoms with van der Waals surface area (Å²) < 4.78 is 6.46. The molecule has 1 spiro atoms. The molecule has 2 N–H and O–H groups in total. The quantitative estimate of drug-likeness (QED) is 0.536. The van der Waals surface area contributed by atoms with Gasteiger partial charge in [0.2, 0.25) is 17.7 Å². The average Bonchev–Trinajstić information content (AvgIpc) is 3.52. The maximum absolute atomic E-state index is 14.0. The summed E-state index contributed by atoms with van der Waals surface area (Å²) in [6, 6.07) is 7.00. The van der Waals surface area contributed by atoms with Crippen LogP contribution in [-0.2, 0) is 19.1 Å². The van der Waals surface area contributed by atoms with Crippen LogP contribution in [-0.4, -0.2) is 52.5 Å². The second-order valence-electron chi connectivity index (χ2n) is 11.8. The van der Waals surface area contributed by atoms with E-state index in [1.54, 1.807) is 4.90 Å². The van der Waals surface area contributed by atoms with Crippen molar-refractivity contribution < 1.29 is 19.1 Å². The lowest BCUT2D eigenvalue weighted by Gasteiger charge is -2.37. The number of ether oxygens (including phenoxy) is 1. The van der Waals surface area contributed by atoms with E-state index in [0.29, 0.717) is 23.9 Å².